The minimum Gasteiger partial charge on any atom is -0.478 e. The first kappa shape index (κ1) is 48.7. The van der Waals surface area contributed by atoms with E-state index in [0.29, 0.717) is 40.5 Å². The number of carboxylic acid groups (broad SMARTS) is 1. The smallest absolute Gasteiger partial charge is 0.335 e. The number of rotatable bonds is 6. The zero-order chi connectivity index (χ0) is 46.4. The van der Waals surface area contributed by atoms with Gasteiger partial charge >= 0.3 is 5.97 Å². The summed E-state index contributed by atoms with van der Waals surface area (Å²) in [6.07, 6.45) is 10.6. The number of aromatic nitrogens is 4. The van der Waals surface area contributed by atoms with Crippen LogP contribution >= 0.6 is 35.6 Å². The lowest BCUT2D eigenvalue weighted by molar-refractivity contribution is 0.0695. The average Bonchev–Trinajstić information content (AvgIpc) is 3.82. The number of aromatic carboxylic acids is 1. The van der Waals surface area contributed by atoms with Crippen molar-refractivity contribution in [3.05, 3.63) is 143 Å². The second-order valence-corrected chi connectivity index (χ2v) is 20.3. The molecule has 4 aromatic heterocycles. The monoisotopic (exact) mass is 948 g/mol. The van der Waals surface area contributed by atoms with Gasteiger partial charge in [0.15, 0.2) is 0 Å². The summed E-state index contributed by atoms with van der Waals surface area (Å²) in [4.78, 5) is 43.5. The van der Waals surface area contributed by atoms with E-state index in [1.807, 2.05) is 47.6 Å². The fourth-order valence-electron chi connectivity index (χ4n) is 8.52. The number of pyridine rings is 4. The van der Waals surface area contributed by atoms with Gasteiger partial charge in [0, 0.05) is 158 Å². The van der Waals surface area contributed by atoms with Crippen LogP contribution in [-0.2, 0) is 10.8 Å². The molecular formula is C52H55Cl3N6O5. The molecule has 10 rings (SSSR count). The fraction of sp³-hybridized carbons (Fsp3) is 0.346. The average molecular weight is 950 g/mol. The second kappa shape index (κ2) is 19.5. The highest BCUT2D eigenvalue weighted by atomic mass is 35.5. The summed E-state index contributed by atoms with van der Waals surface area (Å²) in [6, 6.07) is 22.3. The quantitative estimate of drug-likeness (QED) is 0.127. The number of piperidine rings is 2. The maximum atomic E-state index is 12.8. The fourth-order valence-corrected chi connectivity index (χ4v) is 9.10. The molecule has 0 radical (unpaired) electrons. The number of fused-ring (bicyclic) bond motifs is 2. The van der Waals surface area contributed by atoms with Gasteiger partial charge in [-0.2, -0.15) is 0 Å². The first-order valence-corrected chi connectivity index (χ1v) is 22.7. The number of likely N-dealkylation sites (tertiary alicyclic amines) is 1. The van der Waals surface area contributed by atoms with Gasteiger partial charge in [0.1, 0.15) is 0 Å². The Hall–Kier alpha value is -5.27. The molecule has 11 nitrogen and oxygen atoms in total. The van der Waals surface area contributed by atoms with E-state index in [1.54, 1.807) is 43.0 Å². The van der Waals surface area contributed by atoms with E-state index in [-0.39, 0.29) is 58.8 Å². The van der Waals surface area contributed by atoms with E-state index in [2.05, 4.69) is 85.0 Å². The molecule has 4 fully saturated rings. The summed E-state index contributed by atoms with van der Waals surface area (Å²) < 4.78 is 0. The lowest BCUT2D eigenvalue weighted by Gasteiger charge is -2.19. The highest BCUT2D eigenvalue weighted by Crippen LogP contribution is 2.46. The molecule has 2 aliphatic heterocycles. The summed E-state index contributed by atoms with van der Waals surface area (Å²) in [6.45, 7) is 16.1. The maximum Gasteiger partial charge on any atom is 0.335 e. The third-order valence-corrected chi connectivity index (χ3v) is 13.4. The molecule has 4 aliphatic rings. The topological polar surface area (TPSA) is 162 Å². The van der Waals surface area contributed by atoms with Crippen molar-refractivity contribution in [3.8, 4) is 44.5 Å². The number of carbonyl (C=O) groups excluding carboxylic acids is 1. The number of aliphatic hydroxyl groups is 2. The molecule has 2 saturated heterocycles. The number of hydrogen-bond donors (Lipinski definition) is 4. The molecule has 0 bridgehead atoms. The van der Waals surface area contributed by atoms with Gasteiger partial charge in [0.2, 0.25) is 0 Å². The number of aliphatic hydroxyl groups excluding tert-OH is 2. The molecule has 4 N–H and O–H groups in total. The van der Waals surface area contributed by atoms with Crippen molar-refractivity contribution in [1.29, 1.82) is 0 Å². The van der Waals surface area contributed by atoms with E-state index in [1.165, 1.54) is 6.07 Å². The predicted octanol–water partition coefficient (Wildman–Crippen LogP) is 9.90. The molecule has 0 spiro atoms. The van der Waals surface area contributed by atoms with Gasteiger partial charge in [-0.15, -0.1) is 12.4 Å². The summed E-state index contributed by atoms with van der Waals surface area (Å²) in [7, 11) is 0. The molecule has 2 aliphatic carbocycles. The van der Waals surface area contributed by atoms with Crippen molar-refractivity contribution in [2.75, 3.05) is 26.2 Å². The van der Waals surface area contributed by atoms with Gasteiger partial charge in [0.25, 0.3) is 5.91 Å². The minimum absolute atomic E-state index is 0. The predicted molar refractivity (Wildman–Crippen MR) is 262 cm³/mol. The van der Waals surface area contributed by atoms with E-state index < -0.39 is 5.97 Å². The largest absolute Gasteiger partial charge is 0.478 e. The molecule has 14 heteroatoms. The van der Waals surface area contributed by atoms with Gasteiger partial charge in [-0.1, -0.05) is 76.9 Å². The highest BCUT2D eigenvalue weighted by molar-refractivity contribution is 6.34. The number of carboxylic acids is 1. The van der Waals surface area contributed by atoms with E-state index >= 15 is 0 Å². The van der Waals surface area contributed by atoms with Crippen LogP contribution in [0.1, 0.15) is 73.6 Å². The van der Waals surface area contributed by atoms with Gasteiger partial charge in [-0.3, -0.25) is 24.7 Å². The Morgan fingerprint density at radius 2 is 1.02 bits per heavy atom. The first-order chi connectivity index (χ1) is 30.9. The van der Waals surface area contributed by atoms with E-state index in [9.17, 15) is 14.7 Å². The van der Waals surface area contributed by atoms with Crippen LogP contribution in [0.25, 0.3) is 44.5 Å². The summed E-state index contributed by atoms with van der Waals surface area (Å²) in [5, 5.41) is 31.8. The van der Waals surface area contributed by atoms with Crippen molar-refractivity contribution in [2.45, 2.75) is 64.6 Å². The summed E-state index contributed by atoms with van der Waals surface area (Å²) in [5.74, 6) is 0.706. The third kappa shape index (κ3) is 10.8. The van der Waals surface area contributed by atoms with Crippen LogP contribution in [0.2, 0.25) is 10.0 Å². The molecular weight excluding hydrogens is 895 g/mol. The summed E-state index contributed by atoms with van der Waals surface area (Å²) >= 11 is 12.9. The summed E-state index contributed by atoms with van der Waals surface area (Å²) in [5.41, 5.74) is 10.00. The number of nitrogens with one attached hydrogen (secondary N) is 1. The molecule has 2 aromatic carbocycles. The Labute approximate surface area is 402 Å². The molecule has 4 unspecified atom stereocenters. The van der Waals surface area contributed by atoms with Crippen molar-refractivity contribution >= 4 is 47.5 Å². The molecule has 66 heavy (non-hydrogen) atoms. The molecule has 6 heterocycles. The van der Waals surface area contributed by atoms with Crippen LogP contribution in [-0.4, -0.2) is 90.4 Å². The van der Waals surface area contributed by atoms with Gasteiger partial charge in [-0.25, -0.2) is 4.79 Å². The van der Waals surface area contributed by atoms with Crippen molar-refractivity contribution in [2.24, 2.45) is 23.7 Å². The van der Waals surface area contributed by atoms with Gasteiger partial charge in [-0.05, 0) is 71.8 Å². The minimum atomic E-state index is -1.00. The van der Waals surface area contributed by atoms with Crippen LogP contribution in [0.15, 0.2) is 110 Å². The third-order valence-electron chi connectivity index (χ3n) is 12.7. The number of carbonyl (C=O) groups is 2. The van der Waals surface area contributed by atoms with Crippen LogP contribution < -0.4 is 5.32 Å². The standard InChI is InChI=1S/C26H26ClN3O2.C21H19ClN2O2.C5H9NO.ClH/c1-26(2,3)23-10-15(6-7-29-23)17-8-18(12-28-11-17)19-5-4-16(9-22(19)27)25(32)30-13-20-21(14-30)24(20)31;1-21(2,3)19-10-13(6-7-24-19)15-8-16(12-23-11-15)17-5-4-14(20(25)26)9-18(17)22;7-5-3-1-6-2-4(3)5;/h4-12,20-21,24,31H,13-14H2,1-3H3;4-12H,1-3H3,(H,25,26);3-7H,1-2H2;1H. The SMILES string of the molecule is CC(C)(C)c1cc(-c2cncc(-c3ccc(C(=O)N4CC5C(O)C5C4)cc3Cl)c2)ccn1.CC(C)(C)c1cc(-c2cncc(-c3ccc(C(=O)O)cc3Cl)c2)ccn1.Cl.OC1C2CNCC12. The molecule has 344 valence electrons. The van der Waals surface area contributed by atoms with Crippen molar-refractivity contribution < 1.29 is 24.9 Å². The molecule has 4 atom stereocenters. The van der Waals surface area contributed by atoms with Gasteiger partial charge in [0.05, 0.1) is 17.8 Å². The van der Waals surface area contributed by atoms with E-state index in [4.69, 9.17) is 33.4 Å². The lowest BCUT2D eigenvalue weighted by atomic mass is 9.90. The van der Waals surface area contributed by atoms with Crippen LogP contribution in [0.3, 0.4) is 0 Å². The molecule has 1 amide bonds. The second-order valence-electron chi connectivity index (χ2n) is 19.5. The number of halogens is 3. The number of benzene rings is 2. The number of amides is 1. The van der Waals surface area contributed by atoms with Crippen LogP contribution in [0.5, 0.6) is 0 Å². The zero-order valence-electron chi connectivity index (χ0n) is 37.7. The Balaban J connectivity index is 0.000000170. The number of nitrogens with zero attached hydrogens (tertiary/aromatic N) is 5. The molecule has 6 aromatic rings. The zero-order valence-corrected chi connectivity index (χ0v) is 40.1. The Kier molecular flexibility index (Phi) is 14.4. The number of hydrogen-bond acceptors (Lipinski definition) is 9. The van der Waals surface area contributed by atoms with Crippen molar-refractivity contribution in [3.63, 3.8) is 0 Å². The normalized spacial score (nSPS) is 21.2. The Morgan fingerprint density at radius 3 is 1.42 bits per heavy atom. The highest BCUT2D eigenvalue weighted by Gasteiger charge is 2.56. The Bertz CT molecular complexity index is 2730. The molecule has 2 saturated carbocycles. The lowest BCUT2D eigenvalue weighted by Crippen LogP contribution is -2.32. The maximum absolute atomic E-state index is 12.8. The van der Waals surface area contributed by atoms with Gasteiger partial charge < -0.3 is 25.5 Å². The first-order valence-electron chi connectivity index (χ1n) is 21.9. The Morgan fingerprint density at radius 1 is 0.591 bits per heavy atom. The van der Waals surface area contributed by atoms with Crippen LogP contribution in [0.4, 0.5) is 0 Å². The van der Waals surface area contributed by atoms with Crippen molar-refractivity contribution in [1.82, 2.24) is 30.2 Å². The van der Waals surface area contributed by atoms with E-state index in [0.717, 1.165) is 69.0 Å². The van der Waals surface area contributed by atoms with Crippen LogP contribution in [0, 0.1) is 23.7 Å².